The van der Waals surface area contributed by atoms with Crippen molar-refractivity contribution in [1.82, 2.24) is 15.5 Å². The number of carbonyl (C=O) groups is 4. The number of hydrogen-bond donors (Lipinski definition) is 3. The van der Waals surface area contributed by atoms with Crippen molar-refractivity contribution >= 4 is 23.5 Å². The van der Waals surface area contributed by atoms with Gasteiger partial charge in [0.25, 0.3) is 5.91 Å². The number of Topliss-reactive ketones (excluding diaryl/α,β-unsaturated/α-hetero) is 1. The van der Waals surface area contributed by atoms with Gasteiger partial charge in [-0.25, -0.2) is 0 Å². The maximum absolute atomic E-state index is 13.2. The van der Waals surface area contributed by atoms with E-state index in [4.69, 9.17) is 5.73 Å². The molecule has 1 saturated heterocycles. The number of nitrogens with one attached hydrogen (secondary N) is 2. The van der Waals surface area contributed by atoms with Gasteiger partial charge in [0, 0.05) is 13.1 Å². The van der Waals surface area contributed by atoms with E-state index in [0.717, 1.165) is 0 Å². The molecule has 0 bridgehead atoms. The first kappa shape index (κ1) is 24.1. The minimum Gasteiger partial charge on any atom is -0.346 e. The molecule has 2 aliphatic rings. The summed E-state index contributed by atoms with van der Waals surface area (Å²) in [6.45, 7) is 15.7. The molecule has 1 aliphatic heterocycles. The smallest absolute Gasteiger partial charge is 0.289 e. The quantitative estimate of drug-likeness (QED) is 0.392. The molecule has 0 aromatic carbocycles. The number of nitrogens with zero attached hydrogens (tertiary/aromatic N) is 1. The minimum atomic E-state index is -0.948. The maximum Gasteiger partial charge on any atom is 0.289 e. The van der Waals surface area contributed by atoms with Gasteiger partial charge >= 0.3 is 0 Å². The van der Waals surface area contributed by atoms with Gasteiger partial charge in [-0.1, -0.05) is 47.6 Å². The summed E-state index contributed by atoms with van der Waals surface area (Å²) in [7, 11) is 0. The Labute approximate surface area is 179 Å². The summed E-state index contributed by atoms with van der Waals surface area (Å²) in [5, 5.41) is 5.15. The Bertz CT molecular complexity index is 740. The molecule has 0 aromatic rings. The van der Waals surface area contributed by atoms with E-state index in [-0.39, 0.29) is 36.1 Å². The molecule has 0 aromatic heterocycles. The standard InChI is InChI=1S/C22H36N4O4/c1-8-10-24-19(29)16(27)13(9-2)25-18(28)15-14-12(22(14,6)7)11-26(15)20(30)17(23)21(3,4)5/h8,12-15,17H,1,9-11,23H2,2-7H3,(H,24,29)(H,25,28)/t12-,13?,14-,15-,17+/m0/s1. The lowest BCUT2D eigenvalue weighted by Gasteiger charge is -2.36. The highest BCUT2D eigenvalue weighted by atomic mass is 16.2. The average molecular weight is 421 g/mol. The second-order valence-corrected chi connectivity index (χ2v) is 10.1. The number of nitrogens with two attached hydrogens (primary N) is 1. The van der Waals surface area contributed by atoms with Crippen LogP contribution in [0.4, 0.5) is 0 Å². The van der Waals surface area contributed by atoms with Crippen LogP contribution in [0.1, 0.15) is 48.0 Å². The molecule has 1 unspecified atom stereocenters. The van der Waals surface area contributed by atoms with Gasteiger partial charge in [-0.2, -0.15) is 0 Å². The van der Waals surface area contributed by atoms with E-state index in [9.17, 15) is 19.2 Å². The van der Waals surface area contributed by atoms with Crippen LogP contribution >= 0.6 is 0 Å². The first-order valence-corrected chi connectivity index (χ1v) is 10.6. The Morgan fingerprint density at radius 3 is 2.37 bits per heavy atom. The van der Waals surface area contributed by atoms with Gasteiger partial charge < -0.3 is 21.3 Å². The highest BCUT2D eigenvalue weighted by Gasteiger charge is 2.69. The monoisotopic (exact) mass is 420 g/mol. The summed E-state index contributed by atoms with van der Waals surface area (Å²) in [5.74, 6) is -1.90. The van der Waals surface area contributed by atoms with E-state index in [2.05, 4.69) is 31.1 Å². The highest BCUT2D eigenvalue weighted by molar-refractivity contribution is 6.38. The molecular weight excluding hydrogens is 384 g/mol. The van der Waals surface area contributed by atoms with Gasteiger partial charge in [0.05, 0.1) is 12.1 Å². The van der Waals surface area contributed by atoms with Crippen molar-refractivity contribution in [2.45, 2.75) is 66.1 Å². The number of fused-ring (bicyclic) bond motifs is 1. The van der Waals surface area contributed by atoms with Crippen molar-refractivity contribution in [3.63, 3.8) is 0 Å². The average Bonchev–Trinajstić information content (AvgIpc) is 3.03. The largest absolute Gasteiger partial charge is 0.346 e. The summed E-state index contributed by atoms with van der Waals surface area (Å²) in [6.07, 6.45) is 1.74. The van der Waals surface area contributed by atoms with Gasteiger partial charge in [-0.3, -0.25) is 19.2 Å². The van der Waals surface area contributed by atoms with E-state index < -0.39 is 41.1 Å². The number of carbonyl (C=O) groups excluding carboxylic acids is 4. The van der Waals surface area contributed by atoms with E-state index in [0.29, 0.717) is 6.54 Å². The highest BCUT2D eigenvalue weighted by Crippen LogP contribution is 2.65. The zero-order valence-electron chi connectivity index (χ0n) is 19.0. The van der Waals surface area contributed by atoms with E-state index in [1.54, 1.807) is 11.8 Å². The Hall–Kier alpha value is -2.22. The van der Waals surface area contributed by atoms with Gasteiger partial charge in [0.1, 0.15) is 6.04 Å². The molecule has 30 heavy (non-hydrogen) atoms. The predicted octanol–water partition coefficient (Wildman–Crippen LogP) is 0.609. The van der Waals surface area contributed by atoms with Gasteiger partial charge in [0.15, 0.2) is 0 Å². The summed E-state index contributed by atoms with van der Waals surface area (Å²) >= 11 is 0. The van der Waals surface area contributed by atoms with Crippen molar-refractivity contribution in [1.29, 1.82) is 0 Å². The number of amides is 3. The second kappa shape index (κ2) is 8.49. The lowest BCUT2D eigenvalue weighted by molar-refractivity contribution is -0.144. The number of hydrogen-bond acceptors (Lipinski definition) is 5. The summed E-state index contributed by atoms with van der Waals surface area (Å²) in [4.78, 5) is 52.3. The summed E-state index contributed by atoms with van der Waals surface area (Å²) < 4.78 is 0. The van der Waals surface area contributed by atoms with Gasteiger partial charge in [0.2, 0.25) is 17.6 Å². The fraction of sp³-hybridized carbons (Fsp3) is 0.727. The number of ketones is 1. The molecular formula is C22H36N4O4. The van der Waals surface area contributed by atoms with Crippen LogP contribution < -0.4 is 16.4 Å². The number of likely N-dealkylation sites (tertiary alicyclic amines) is 1. The lowest BCUT2D eigenvalue weighted by Crippen LogP contribution is -2.59. The number of rotatable bonds is 8. The van der Waals surface area contributed by atoms with Crippen molar-refractivity contribution in [3.8, 4) is 0 Å². The molecule has 8 nitrogen and oxygen atoms in total. The summed E-state index contributed by atoms with van der Waals surface area (Å²) in [6, 6.07) is -2.37. The third-order valence-corrected chi connectivity index (χ3v) is 6.63. The Kier molecular flexibility index (Phi) is 6.81. The molecule has 0 spiro atoms. The number of piperidine rings is 1. The molecule has 1 aliphatic carbocycles. The first-order chi connectivity index (χ1) is 13.8. The molecule has 3 amide bonds. The third kappa shape index (κ3) is 4.43. The molecule has 1 heterocycles. The topological polar surface area (TPSA) is 122 Å². The van der Waals surface area contributed by atoms with Crippen molar-refractivity contribution in [2.24, 2.45) is 28.4 Å². The Morgan fingerprint density at radius 1 is 1.27 bits per heavy atom. The normalized spacial score (nSPS) is 26.2. The Morgan fingerprint density at radius 2 is 1.87 bits per heavy atom. The van der Waals surface area contributed by atoms with E-state index >= 15 is 0 Å². The Balaban J connectivity index is 2.19. The molecule has 168 valence electrons. The first-order valence-electron chi connectivity index (χ1n) is 10.6. The third-order valence-electron chi connectivity index (χ3n) is 6.63. The molecule has 2 fully saturated rings. The van der Waals surface area contributed by atoms with Crippen molar-refractivity contribution in [3.05, 3.63) is 12.7 Å². The molecule has 2 rings (SSSR count). The molecule has 5 atom stereocenters. The van der Waals surface area contributed by atoms with Crippen LogP contribution in [0.3, 0.4) is 0 Å². The molecule has 1 saturated carbocycles. The lowest BCUT2D eigenvalue weighted by atomic mass is 9.86. The SMILES string of the molecule is C=CCNC(=O)C(=O)C(CC)NC(=O)[C@@H]1[C@@H]2[C@H](CN1C(=O)[C@@H](N)C(C)(C)C)C2(C)C. The van der Waals surface area contributed by atoms with E-state index in [1.165, 1.54) is 6.08 Å². The van der Waals surface area contributed by atoms with Crippen LogP contribution in [0.5, 0.6) is 0 Å². The van der Waals surface area contributed by atoms with Crippen LogP contribution in [-0.2, 0) is 19.2 Å². The minimum absolute atomic E-state index is 0.0100. The van der Waals surface area contributed by atoms with Crippen LogP contribution in [0.25, 0.3) is 0 Å². The zero-order valence-corrected chi connectivity index (χ0v) is 19.0. The van der Waals surface area contributed by atoms with Crippen LogP contribution in [-0.4, -0.2) is 59.6 Å². The van der Waals surface area contributed by atoms with Gasteiger partial charge in [-0.05, 0) is 29.1 Å². The van der Waals surface area contributed by atoms with Crippen LogP contribution in [0.2, 0.25) is 0 Å². The predicted molar refractivity (Wildman–Crippen MR) is 114 cm³/mol. The van der Waals surface area contributed by atoms with Crippen LogP contribution in [0.15, 0.2) is 12.7 Å². The maximum atomic E-state index is 13.2. The van der Waals surface area contributed by atoms with Crippen molar-refractivity contribution < 1.29 is 19.2 Å². The second-order valence-electron chi connectivity index (χ2n) is 10.1. The summed E-state index contributed by atoms with van der Waals surface area (Å²) in [5.41, 5.74) is 5.69. The zero-order chi connectivity index (χ0) is 23.0. The van der Waals surface area contributed by atoms with Crippen molar-refractivity contribution in [2.75, 3.05) is 13.1 Å². The fourth-order valence-corrected chi connectivity index (χ4v) is 4.38. The van der Waals surface area contributed by atoms with E-state index in [1.807, 2.05) is 20.8 Å². The molecule has 4 N–H and O–H groups in total. The molecule has 8 heteroatoms. The van der Waals surface area contributed by atoms with Crippen LogP contribution in [0, 0.1) is 22.7 Å². The van der Waals surface area contributed by atoms with Gasteiger partial charge in [-0.15, -0.1) is 6.58 Å². The molecule has 0 radical (unpaired) electrons. The fourth-order valence-electron chi connectivity index (χ4n) is 4.38.